The van der Waals surface area contributed by atoms with Gasteiger partial charge in [-0.05, 0) is 58.5 Å². The van der Waals surface area contributed by atoms with Crippen LogP contribution in [0.15, 0.2) is 47.1 Å². The molecule has 166 valence electrons. The first-order chi connectivity index (χ1) is 15.7. The van der Waals surface area contributed by atoms with Crippen LogP contribution in [0.4, 0.5) is 0 Å². The molecule has 0 spiro atoms. The van der Waals surface area contributed by atoms with Gasteiger partial charge in [-0.15, -0.1) is 0 Å². The van der Waals surface area contributed by atoms with Gasteiger partial charge in [0, 0.05) is 36.8 Å². The van der Waals surface area contributed by atoms with Gasteiger partial charge in [0.15, 0.2) is 0 Å². The molecular formula is C25H25BrN2O4. The first-order valence-corrected chi connectivity index (χ1v) is 11.7. The van der Waals surface area contributed by atoms with Crippen molar-refractivity contribution in [2.75, 3.05) is 26.9 Å². The van der Waals surface area contributed by atoms with Gasteiger partial charge in [-0.3, -0.25) is 9.78 Å². The van der Waals surface area contributed by atoms with Crippen LogP contribution in [0.1, 0.15) is 52.7 Å². The van der Waals surface area contributed by atoms with Gasteiger partial charge in [-0.1, -0.05) is 18.2 Å². The van der Waals surface area contributed by atoms with Crippen molar-refractivity contribution in [1.29, 1.82) is 0 Å². The third kappa shape index (κ3) is 3.84. The van der Waals surface area contributed by atoms with Crippen LogP contribution < -0.4 is 14.8 Å². The maximum atomic E-state index is 13.6. The number of fused-ring (bicyclic) bond motifs is 2. The summed E-state index contributed by atoms with van der Waals surface area (Å²) in [5.74, 6) is 1.69. The zero-order valence-electron chi connectivity index (χ0n) is 17.9. The molecule has 1 saturated heterocycles. The van der Waals surface area contributed by atoms with E-state index in [4.69, 9.17) is 14.2 Å². The van der Waals surface area contributed by atoms with Gasteiger partial charge in [0.1, 0.15) is 11.5 Å². The Morgan fingerprint density at radius 1 is 1.12 bits per heavy atom. The molecule has 0 radical (unpaired) electrons. The van der Waals surface area contributed by atoms with E-state index in [1.807, 2.05) is 36.4 Å². The molecule has 1 atom stereocenters. The summed E-state index contributed by atoms with van der Waals surface area (Å²) in [5, 5.41) is 4.22. The van der Waals surface area contributed by atoms with Crippen LogP contribution in [-0.2, 0) is 4.74 Å². The number of amides is 1. The van der Waals surface area contributed by atoms with Crippen molar-refractivity contribution >= 4 is 32.7 Å². The lowest BCUT2D eigenvalue weighted by Gasteiger charge is -2.29. The molecule has 0 aliphatic carbocycles. The van der Waals surface area contributed by atoms with E-state index in [1.54, 1.807) is 13.3 Å². The van der Waals surface area contributed by atoms with Gasteiger partial charge in [-0.2, -0.15) is 0 Å². The number of carbonyl (C=O) groups excluding carboxylic acids is 1. The summed E-state index contributed by atoms with van der Waals surface area (Å²) in [5.41, 5.74) is 3.49. The second kappa shape index (κ2) is 9.08. The number of benzene rings is 2. The van der Waals surface area contributed by atoms with Gasteiger partial charge in [0.05, 0.1) is 35.3 Å². The minimum atomic E-state index is -0.102. The average molecular weight is 497 g/mol. The smallest absolute Gasteiger partial charge is 0.253 e. The molecule has 1 N–H and O–H groups in total. The number of nitrogens with one attached hydrogen (secondary N) is 1. The van der Waals surface area contributed by atoms with Crippen molar-refractivity contribution in [3.63, 3.8) is 0 Å². The Morgan fingerprint density at radius 3 is 2.75 bits per heavy atom. The van der Waals surface area contributed by atoms with Crippen molar-refractivity contribution in [3.05, 3.63) is 63.8 Å². The van der Waals surface area contributed by atoms with E-state index in [2.05, 4.69) is 26.2 Å². The number of pyridine rings is 1. The van der Waals surface area contributed by atoms with E-state index in [1.165, 1.54) is 0 Å². The summed E-state index contributed by atoms with van der Waals surface area (Å²) in [4.78, 5) is 18.2. The van der Waals surface area contributed by atoms with Crippen LogP contribution in [0, 0.1) is 0 Å². The minimum Gasteiger partial charge on any atom is -0.495 e. The predicted octanol–water partition coefficient (Wildman–Crippen LogP) is 5.15. The molecule has 1 aromatic heterocycles. The highest BCUT2D eigenvalue weighted by atomic mass is 79.9. The second-order valence-corrected chi connectivity index (χ2v) is 8.94. The fourth-order valence-electron chi connectivity index (χ4n) is 4.73. The number of rotatable bonds is 4. The van der Waals surface area contributed by atoms with Crippen LogP contribution in [0.25, 0.3) is 10.9 Å². The summed E-state index contributed by atoms with van der Waals surface area (Å²) >= 11 is 3.63. The minimum absolute atomic E-state index is 0.0895. The van der Waals surface area contributed by atoms with Gasteiger partial charge < -0.3 is 19.5 Å². The molecule has 0 bridgehead atoms. The maximum absolute atomic E-state index is 13.6. The molecule has 1 unspecified atom stereocenters. The van der Waals surface area contributed by atoms with Crippen molar-refractivity contribution in [2.45, 2.75) is 31.2 Å². The zero-order chi connectivity index (χ0) is 22.1. The molecule has 0 saturated carbocycles. The van der Waals surface area contributed by atoms with Gasteiger partial charge in [0.25, 0.3) is 5.91 Å². The van der Waals surface area contributed by atoms with Crippen LogP contribution in [0.2, 0.25) is 0 Å². The first kappa shape index (κ1) is 21.2. The largest absolute Gasteiger partial charge is 0.495 e. The van der Waals surface area contributed by atoms with Crippen LogP contribution in [0.5, 0.6) is 11.5 Å². The Labute approximate surface area is 195 Å². The van der Waals surface area contributed by atoms with Gasteiger partial charge >= 0.3 is 0 Å². The number of aromatic nitrogens is 1. The summed E-state index contributed by atoms with van der Waals surface area (Å²) in [6.07, 6.45) is 4.20. The van der Waals surface area contributed by atoms with Crippen molar-refractivity contribution in [3.8, 4) is 11.5 Å². The molecule has 6 nitrogen and oxygen atoms in total. The topological polar surface area (TPSA) is 69.7 Å². The Balaban J connectivity index is 1.56. The Hall–Kier alpha value is -2.64. The molecule has 1 amide bonds. The number of hydrogen-bond acceptors (Lipinski definition) is 5. The highest BCUT2D eigenvalue weighted by Crippen LogP contribution is 2.40. The number of para-hydroxylation sites is 1. The lowest BCUT2D eigenvalue weighted by molar-refractivity contribution is 0.0840. The average Bonchev–Trinajstić information content (AvgIpc) is 2.84. The maximum Gasteiger partial charge on any atom is 0.253 e. The molecular weight excluding hydrogens is 472 g/mol. The monoisotopic (exact) mass is 496 g/mol. The molecule has 3 aromatic rings. The fraction of sp³-hybridized carbons (Fsp3) is 0.360. The third-order valence-electron chi connectivity index (χ3n) is 6.34. The number of methoxy groups -OCH3 is 1. The number of nitrogens with zero attached hydrogens (tertiary/aromatic N) is 1. The molecule has 2 aromatic carbocycles. The van der Waals surface area contributed by atoms with E-state index in [9.17, 15) is 4.79 Å². The Bertz CT molecular complexity index is 1160. The Kier molecular flexibility index (Phi) is 6.02. The van der Waals surface area contributed by atoms with Crippen molar-refractivity contribution < 1.29 is 19.0 Å². The molecule has 5 rings (SSSR count). The predicted molar refractivity (Wildman–Crippen MR) is 126 cm³/mol. The van der Waals surface area contributed by atoms with Crippen LogP contribution in [0.3, 0.4) is 0 Å². The number of ether oxygens (including phenoxy) is 3. The Morgan fingerprint density at radius 2 is 1.94 bits per heavy atom. The van der Waals surface area contributed by atoms with E-state index >= 15 is 0 Å². The highest BCUT2D eigenvalue weighted by Gasteiger charge is 2.28. The standard InChI is InChI=1S/C25H25BrN2O4/c1-30-21-7-6-17-22(15-8-11-31-12-9-15)18(14-27-24(17)23(21)26)25(29)28-19-10-13-32-20-5-3-2-4-16(19)20/h2-7,14-15,19H,8-13H2,1H3,(H,28,29). The molecule has 7 heteroatoms. The summed E-state index contributed by atoms with van der Waals surface area (Å²) in [7, 11) is 1.64. The zero-order valence-corrected chi connectivity index (χ0v) is 19.5. The molecule has 32 heavy (non-hydrogen) atoms. The second-order valence-electron chi connectivity index (χ2n) is 8.15. The summed E-state index contributed by atoms with van der Waals surface area (Å²) in [6, 6.07) is 11.7. The fourth-order valence-corrected chi connectivity index (χ4v) is 5.34. The lowest BCUT2D eigenvalue weighted by Crippen LogP contribution is -2.33. The van der Waals surface area contributed by atoms with E-state index in [0.29, 0.717) is 25.4 Å². The number of carbonyl (C=O) groups is 1. The number of halogens is 1. The lowest BCUT2D eigenvalue weighted by atomic mass is 9.85. The van der Waals surface area contributed by atoms with Crippen molar-refractivity contribution in [1.82, 2.24) is 10.3 Å². The molecule has 2 aliphatic rings. The SMILES string of the molecule is COc1ccc2c(C3CCOCC3)c(C(=O)NC3CCOc4ccccc43)cnc2c1Br. The van der Waals surface area contributed by atoms with E-state index in [-0.39, 0.29) is 17.9 Å². The summed E-state index contributed by atoms with van der Waals surface area (Å²) in [6.45, 7) is 1.97. The number of hydrogen-bond donors (Lipinski definition) is 1. The summed E-state index contributed by atoms with van der Waals surface area (Å²) < 4.78 is 17.6. The van der Waals surface area contributed by atoms with E-state index in [0.717, 1.165) is 57.3 Å². The van der Waals surface area contributed by atoms with Gasteiger partial charge in [0.2, 0.25) is 0 Å². The third-order valence-corrected chi connectivity index (χ3v) is 7.11. The van der Waals surface area contributed by atoms with Crippen LogP contribution >= 0.6 is 15.9 Å². The van der Waals surface area contributed by atoms with E-state index < -0.39 is 0 Å². The molecule has 3 heterocycles. The van der Waals surface area contributed by atoms with Crippen LogP contribution in [-0.4, -0.2) is 37.8 Å². The molecule has 1 fully saturated rings. The normalized spacial score (nSPS) is 18.6. The molecule has 2 aliphatic heterocycles. The van der Waals surface area contributed by atoms with Crippen molar-refractivity contribution in [2.24, 2.45) is 0 Å². The first-order valence-electron chi connectivity index (χ1n) is 10.9. The quantitative estimate of drug-likeness (QED) is 0.540. The highest BCUT2D eigenvalue weighted by molar-refractivity contribution is 9.10. The van der Waals surface area contributed by atoms with Gasteiger partial charge in [-0.25, -0.2) is 0 Å².